The summed E-state index contributed by atoms with van der Waals surface area (Å²) in [5.74, 6) is -0.826. The van der Waals surface area contributed by atoms with Gasteiger partial charge < -0.3 is 15.2 Å². The zero-order valence-electron chi connectivity index (χ0n) is 12.2. The van der Waals surface area contributed by atoms with Gasteiger partial charge in [0.25, 0.3) is 5.91 Å². The number of hydrogen-bond acceptors (Lipinski definition) is 4. The van der Waals surface area contributed by atoms with Crippen LogP contribution in [0, 0.1) is 0 Å². The van der Waals surface area contributed by atoms with Crippen LogP contribution in [0.4, 0.5) is 0 Å². The maximum absolute atomic E-state index is 12.2. The average Bonchev–Trinajstić information content (AvgIpc) is 2.55. The number of esters is 1. The number of hydrogen-bond donors (Lipinski definition) is 2. The number of amides is 1. The summed E-state index contributed by atoms with van der Waals surface area (Å²) in [5.41, 5.74) is 1.28. The standard InChI is InChI=1S/C17H17NO4/c1-22-17(21)15(11-12-5-3-2-4-6-12)18-16(20)13-7-9-14(19)10-8-13/h2-10,15,19H,11H2,1H3,(H,18,20)/t15-/m1/s1. The molecule has 0 spiro atoms. The van der Waals surface area contributed by atoms with Crippen LogP contribution >= 0.6 is 0 Å². The molecule has 0 unspecified atom stereocenters. The van der Waals surface area contributed by atoms with Crippen molar-refractivity contribution in [2.75, 3.05) is 7.11 Å². The minimum Gasteiger partial charge on any atom is -0.508 e. The number of nitrogens with one attached hydrogen (secondary N) is 1. The van der Waals surface area contributed by atoms with E-state index in [9.17, 15) is 14.7 Å². The Labute approximate surface area is 128 Å². The first-order valence-corrected chi connectivity index (χ1v) is 6.82. The monoisotopic (exact) mass is 299 g/mol. The van der Waals surface area contributed by atoms with Crippen molar-refractivity contribution in [3.63, 3.8) is 0 Å². The van der Waals surface area contributed by atoms with Crippen LogP contribution in [0.25, 0.3) is 0 Å². The lowest BCUT2D eigenvalue weighted by Gasteiger charge is -2.16. The lowest BCUT2D eigenvalue weighted by atomic mass is 10.1. The van der Waals surface area contributed by atoms with Crippen molar-refractivity contribution in [3.8, 4) is 5.75 Å². The number of rotatable bonds is 5. The SMILES string of the molecule is COC(=O)[C@@H](Cc1ccccc1)NC(=O)c1ccc(O)cc1. The van der Waals surface area contributed by atoms with Crippen molar-refractivity contribution >= 4 is 11.9 Å². The first-order chi connectivity index (χ1) is 10.6. The molecule has 2 rings (SSSR count). The minimum atomic E-state index is -0.770. The average molecular weight is 299 g/mol. The molecule has 2 N–H and O–H groups in total. The molecule has 5 nitrogen and oxygen atoms in total. The number of ether oxygens (including phenoxy) is 1. The third kappa shape index (κ3) is 4.09. The quantitative estimate of drug-likeness (QED) is 0.827. The van der Waals surface area contributed by atoms with E-state index in [0.717, 1.165) is 5.56 Å². The van der Waals surface area contributed by atoms with Crippen LogP contribution in [0.1, 0.15) is 15.9 Å². The molecular formula is C17H17NO4. The predicted molar refractivity (Wildman–Crippen MR) is 81.5 cm³/mol. The Balaban J connectivity index is 2.11. The number of carbonyl (C=O) groups is 2. The van der Waals surface area contributed by atoms with Gasteiger partial charge in [-0.3, -0.25) is 4.79 Å². The highest BCUT2D eigenvalue weighted by Gasteiger charge is 2.22. The largest absolute Gasteiger partial charge is 0.508 e. The molecule has 1 atom stereocenters. The Morgan fingerprint density at radius 3 is 2.32 bits per heavy atom. The molecule has 2 aromatic rings. The third-order valence-electron chi connectivity index (χ3n) is 3.20. The van der Waals surface area contributed by atoms with Crippen molar-refractivity contribution in [3.05, 3.63) is 65.7 Å². The summed E-state index contributed by atoms with van der Waals surface area (Å²) in [4.78, 5) is 24.0. The second kappa shape index (κ2) is 7.26. The van der Waals surface area contributed by atoms with Crippen LogP contribution in [-0.2, 0) is 16.0 Å². The molecule has 0 bridgehead atoms. The molecule has 0 saturated heterocycles. The maximum atomic E-state index is 12.2. The predicted octanol–water partition coefficient (Wildman–Crippen LogP) is 1.91. The Kier molecular flexibility index (Phi) is 5.14. The minimum absolute atomic E-state index is 0.0744. The van der Waals surface area contributed by atoms with E-state index < -0.39 is 17.9 Å². The van der Waals surface area contributed by atoms with Crippen molar-refractivity contribution in [1.82, 2.24) is 5.32 Å². The Bertz CT molecular complexity index is 637. The number of methoxy groups -OCH3 is 1. The number of phenolic OH excluding ortho intramolecular Hbond substituents is 1. The molecule has 0 aliphatic carbocycles. The van der Waals surface area contributed by atoms with Crippen molar-refractivity contribution in [1.29, 1.82) is 0 Å². The van der Waals surface area contributed by atoms with E-state index >= 15 is 0 Å². The van der Waals surface area contributed by atoms with E-state index in [4.69, 9.17) is 4.74 Å². The van der Waals surface area contributed by atoms with E-state index in [1.165, 1.54) is 31.4 Å². The summed E-state index contributed by atoms with van der Waals surface area (Å²) < 4.78 is 4.75. The highest BCUT2D eigenvalue weighted by Crippen LogP contribution is 2.11. The van der Waals surface area contributed by atoms with Gasteiger partial charge in [-0.1, -0.05) is 30.3 Å². The molecule has 0 radical (unpaired) electrons. The summed E-state index contributed by atoms with van der Waals surface area (Å²) in [6, 6.07) is 14.4. The Hall–Kier alpha value is -2.82. The fraction of sp³-hybridized carbons (Fsp3) is 0.176. The van der Waals surface area contributed by atoms with Crippen LogP contribution < -0.4 is 5.32 Å². The molecule has 0 aliphatic heterocycles. The molecular weight excluding hydrogens is 282 g/mol. The smallest absolute Gasteiger partial charge is 0.328 e. The highest BCUT2D eigenvalue weighted by atomic mass is 16.5. The van der Waals surface area contributed by atoms with E-state index in [2.05, 4.69) is 5.32 Å². The van der Waals surface area contributed by atoms with E-state index in [1.807, 2.05) is 30.3 Å². The normalized spacial score (nSPS) is 11.5. The number of phenols is 1. The van der Waals surface area contributed by atoms with E-state index in [1.54, 1.807) is 0 Å². The lowest BCUT2D eigenvalue weighted by molar-refractivity contribution is -0.142. The Morgan fingerprint density at radius 2 is 1.73 bits per heavy atom. The summed E-state index contributed by atoms with van der Waals surface area (Å²) >= 11 is 0. The van der Waals surface area contributed by atoms with Gasteiger partial charge in [0.1, 0.15) is 11.8 Å². The van der Waals surface area contributed by atoms with Crippen LogP contribution in [0.5, 0.6) is 5.75 Å². The molecule has 1 amide bonds. The van der Waals surface area contributed by atoms with Crippen LogP contribution in [0.2, 0.25) is 0 Å². The second-order valence-electron chi connectivity index (χ2n) is 4.79. The van der Waals surface area contributed by atoms with Crippen molar-refractivity contribution < 1.29 is 19.4 Å². The highest BCUT2D eigenvalue weighted by molar-refractivity contribution is 5.96. The van der Waals surface area contributed by atoms with Gasteiger partial charge in [0, 0.05) is 12.0 Å². The van der Waals surface area contributed by atoms with Crippen LogP contribution in [0.3, 0.4) is 0 Å². The fourth-order valence-electron chi connectivity index (χ4n) is 2.04. The Morgan fingerprint density at radius 1 is 1.09 bits per heavy atom. The number of carbonyl (C=O) groups excluding carboxylic acids is 2. The summed E-state index contributed by atoms with van der Waals surface area (Å²) in [7, 11) is 1.28. The maximum Gasteiger partial charge on any atom is 0.328 e. The van der Waals surface area contributed by atoms with Crippen LogP contribution in [-0.4, -0.2) is 30.1 Å². The van der Waals surface area contributed by atoms with Gasteiger partial charge >= 0.3 is 5.97 Å². The first-order valence-electron chi connectivity index (χ1n) is 6.82. The van der Waals surface area contributed by atoms with Gasteiger partial charge in [0.15, 0.2) is 0 Å². The number of benzene rings is 2. The molecule has 0 heterocycles. The van der Waals surface area contributed by atoms with E-state index in [-0.39, 0.29) is 5.75 Å². The van der Waals surface area contributed by atoms with E-state index in [0.29, 0.717) is 12.0 Å². The van der Waals surface area contributed by atoms with Gasteiger partial charge in [-0.25, -0.2) is 4.79 Å². The number of aromatic hydroxyl groups is 1. The molecule has 0 fully saturated rings. The topological polar surface area (TPSA) is 75.6 Å². The van der Waals surface area contributed by atoms with Gasteiger partial charge in [-0.15, -0.1) is 0 Å². The molecule has 114 valence electrons. The van der Waals surface area contributed by atoms with Gasteiger partial charge in [0.2, 0.25) is 0 Å². The summed E-state index contributed by atoms with van der Waals surface area (Å²) in [5, 5.41) is 11.9. The lowest BCUT2D eigenvalue weighted by Crippen LogP contribution is -2.43. The molecule has 0 aromatic heterocycles. The van der Waals surface area contributed by atoms with Gasteiger partial charge in [0.05, 0.1) is 7.11 Å². The summed E-state index contributed by atoms with van der Waals surface area (Å²) in [6.07, 6.45) is 0.345. The third-order valence-corrected chi connectivity index (χ3v) is 3.20. The molecule has 0 aliphatic rings. The molecule has 5 heteroatoms. The zero-order chi connectivity index (χ0) is 15.9. The van der Waals surface area contributed by atoms with Gasteiger partial charge in [-0.2, -0.15) is 0 Å². The fourth-order valence-corrected chi connectivity index (χ4v) is 2.04. The molecule has 2 aromatic carbocycles. The van der Waals surface area contributed by atoms with Crippen molar-refractivity contribution in [2.45, 2.75) is 12.5 Å². The second-order valence-corrected chi connectivity index (χ2v) is 4.79. The van der Waals surface area contributed by atoms with Crippen molar-refractivity contribution in [2.24, 2.45) is 0 Å². The van der Waals surface area contributed by atoms with Crippen LogP contribution in [0.15, 0.2) is 54.6 Å². The molecule has 22 heavy (non-hydrogen) atoms. The summed E-state index contributed by atoms with van der Waals surface area (Å²) in [6.45, 7) is 0. The molecule has 0 saturated carbocycles. The zero-order valence-corrected chi connectivity index (χ0v) is 12.2. The van der Waals surface area contributed by atoms with Gasteiger partial charge in [-0.05, 0) is 29.8 Å². The first kappa shape index (κ1) is 15.6.